The Morgan fingerprint density at radius 2 is 1.74 bits per heavy atom. The van der Waals surface area contributed by atoms with Gasteiger partial charge in [0, 0.05) is 24.9 Å². The highest BCUT2D eigenvalue weighted by Crippen LogP contribution is 2.16. The second-order valence-corrected chi connectivity index (χ2v) is 6.38. The van der Waals surface area contributed by atoms with Crippen LogP contribution in [0.2, 0.25) is 0 Å². The van der Waals surface area contributed by atoms with Crippen LogP contribution >= 0.6 is 0 Å². The Labute approximate surface area is 138 Å². The van der Waals surface area contributed by atoms with Crippen molar-refractivity contribution in [3.63, 3.8) is 0 Å². The van der Waals surface area contributed by atoms with Gasteiger partial charge in [0.05, 0.1) is 6.54 Å². The fourth-order valence-corrected chi connectivity index (χ4v) is 2.85. The molecule has 5 nitrogen and oxygen atoms in total. The van der Waals surface area contributed by atoms with Crippen molar-refractivity contribution in [3.8, 4) is 0 Å². The van der Waals surface area contributed by atoms with E-state index in [1.807, 2.05) is 62.9 Å². The zero-order chi connectivity index (χ0) is 17.0. The first-order valence-corrected chi connectivity index (χ1v) is 8.14. The maximum atomic E-state index is 12.7. The predicted molar refractivity (Wildman–Crippen MR) is 90.8 cm³/mol. The summed E-state index contributed by atoms with van der Waals surface area (Å²) in [5.41, 5.74) is 1.48. The van der Waals surface area contributed by atoms with Gasteiger partial charge in [0.15, 0.2) is 0 Å². The van der Waals surface area contributed by atoms with Gasteiger partial charge in [0.1, 0.15) is 5.71 Å². The van der Waals surface area contributed by atoms with Gasteiger partial charge in [-0.2, -0.15) is 5.10 Å². The van der Waals surface area contributed by atoms with Crippen molar-refractivity contribution in [1.82, 2.24) is 9.91 Å². The van der Waals surface area contributed by atoms with Gasteiger partial charge in [-0.25, -0.2) is 5.01 Å². The molecule has 2 amide bonds. The molecule has 124 valence electrons. The second-order valence-electron chi connectivity index (χ2n) is 6.38. The van der Waals surface area contributed by atoms with E-state index < -0.39 is 0 Å². The van der Waals surface area contributed by atoms with Crippen LogP contribution in [0.15, 0.2) is 35.4 Å². The normalized spacial score (nSPS) is 15.1. The number of carbonyl (C=O) groups is 2. The van der Waals surface area contributed by atoms with E-state index in [1.54, 1.807) is 0 Å². The molecule has 0 saturated heterocycles. The Morgan fingerprint density at radius 3 is 2.30 bits per heavy atom. The van der Waals surface area contributed by atoms with E-state index in [0.717, 1.165) is 5.56 Å². The van der Waals surface area contributed by atoms with E-state index >= 15 is 0 Å². The Bertz CT molecular complexity index is 586. The van der Waals surface area contributed by atoms with Crippen molar-refractivity contribution in [1.29, 1.82) is 0 Å². The van der Waals surface area contributed by atoms with Gasteiger partial charge in [-0.1, -0.05) is 30.3 Å². The molecule has 0 aliphatic carbocycles. The summed E-state index contributed by atoms with van der Waals surface area (Å²) < 4.78 is 0. The number of hydrogen-bond donors (Lipinski definition) is 0. The SMILES string of the molecule is CC(C)N(C(=O)C1=NN(Cc2ccccc2)C(=O)CC1)C(C)C. The van der Waals surface area contributed by atoms with E-state index in [1.165, 1.54) is 5.01 Å². The zero-order valence-electron chi connectivity index (χ0n) is 14.3. The molecule has 0 saturated carbocycles. The van der Waals surface area contributed by atoms with Crippen LogP contribution in [-0.2, 0) is 16.1 Å². The van der Waals surface area contributed by atoms with Crippen LogP contribution in [0.4, 0.5) is 0 Å². The van der Waals surface area contributed by atoms with Crippen LogP contribution in [0.5, 0.6) is 0 Å². The highest BCUT2D eigenvalue weighted by Gasteiger charge is 2.29. The summed E-state index contributed by atoms with van der Waals surface area (Å²) in [4.78, 5) is 26.7. The molecule has 0 aromatic heterocycles. The molecular weight excluding hydrogens is 290 g/mol. The number of benzene rings is 1. The Morgan fingerprint density at radius 1 is 1.13 bits per heavy atom. The lowest BCUT2D eigenvalue weighted by molar-refractivity contribution is -0.133. The highest BCUT2D eigenvalue weighted by molar-refractivity contribution is 6.39. The quantitative estimate of drug-likeness (QED) is 0.839. The molecule has 2 rings (SSSR count). The third-order valence-electron chi connectivity index (χ3n) is 3.87. The van der Waals surface area contributed by atoms with Crippen molar-refractivity contribution >= 4 is 17.5 Å². The topological polar surface area (TPSA) is 53.0 Å². The third kappa shape index (κ3) is 4.18. The van der Waals surface area contributed by atoms with Crippen molar-refractivity contribution in [3.05, 3.63) is 35.9 Å². The average Bonchev–Trinajstić information content (AvgIpc) is 2.49. The standard InChI is InChI=1S/C18H25N3O2/c1-13(2)21(14(3)4)18(23)16-10-11-17(22)20(19-16)12-15-8-6-5-7-9-15/h5-9,13-14H,10-12H2,1-4H3. The van der Waals surface area contributed by atoms with Crippen molar-refractivity contribution < 1.29 is 9.59 Å². The molecule has 0 atom stereocenters. The minimum Gasteiger partial charge on any atom is -0.333 e. The van der Waals surface area contributed by atoms with Gasteiger partial charge in [-0.15, -0.1) is 0 Å². The summed E-state index contributed by atoms with van der Waals surface area (Å²) in [6.45, 7) is 8.38. The lowest BCUT2D eigenvalue weighted by Crippen LogP contribution is -2.47. The van der Waals surface area contributed by atoms with Crippen molar-refractivity contribution in [2.75, 3.05) is 0 Å². The van der Waals surface area contributed by atoms with E-state index in [9.17, 15) is 9.59 Å². The zero-order valence-corrected chi connectivity index (χ0v) is 14.3. The van der Waals surface area contributed by atoms with Crippen molar-refractivity contribution in [2.45, 2.75) is 59.2 Å². The van der Waals surface area contributed by atoms with Gasteiger partial charge in [-0.3, -0.25) is 9.59 Å². The summed E-state index contributed by atoms with van der Waals surface area (Å²) in [6, 6.07) is 9.90. The van der Waals surface area contributed by atoms with E-state index in [-0.39, 0.29) is 23.9 Å². The second kappa shape index (κ2) is 7.40. The minimum absolute atomic E-state index is 0.0361. The molecule has 1 aliphatic rings. The highest BCUT2D eigenvalue weighted by atomic mass is 16.2. The fourth-order valence-electron chi connectivity index (χ4n) is 2.85. The number of carbonyl (C=O) groups excluding carboxylic acids is 2. The predicted octanol–water partition coefficient (Wildman–Crippen LogP) is 2.81. The van der Waals surface area contributed by atoms with E-state index in [0.29, 0.717) is 25.1 Å². The molecule has 5 heteroatoms. The van der Waals surface area contributed by atoms with Crippen LogP contribution in [-0.4, -0.2) is 39.5 Å². The molecule has 1 aromatic rings. The van der Waals surface area contributed by atoms with Crippen molar-refractivity contribution in [2.24, 2.45) is 5.10 Å². The molecule has 0 unspecified atom stereocenters. The molecule has 0 bridgehead atoms. The first-order chi connectivity index (χ1) is 10.9. The van der Waals surface area contributed by atoms with Crippen LogP contribution in [0.3, 0.4) is 0 Å². The summed E-state index contributed by atoms with van der Waals surface area (Å²) in [5.74, 6) is -0.105. The lowest BCUT2D eigenvalue weighted by atomic mass is 10.1. The largest absolute Gasteiger partial charge is 0.333 e. The Balaban J connectivity index is 2.20. The Kier molecular flexibility index (Phi) is 5.53. The monoisotopic (exact) mass is 315 g/mol. The average molecular weight is 315 g/mol. The van der Waals surface area contributed by atoms with Crippen LogP contribution in [0, 0.1) is 0 Å². The number of rotatable bonds is 5. The van der Waals surface area contributed by atoms with Crippen LogP contribution < -0.4 is 0 Å². The van der Waals surface area contributed by atoms with Crippen LogP contribution in [0.25, 0.3) is 0 Å². The number of hydrogen-bond acceptors (Lipinski definition) is 3. The van der Waals surface area contributed by atoms with Crippen LogP contribution in [0.1, 0.15) is 46.1 Å². The molecule has 1 heterocycles. The molecule has 1 aromatic carbocycles. The number of hydrazone groups is 1. The maximum Gasteiger partial charge on any atom is 0.270 e. The summed E-state index contributed by atoms with van der Waals surface area (Å²) in [5, 5.41) is 5.77. The maximum absolute atomic E-state index is 12.7. The Hall–Kier alpha value is -2.17. The molecule has 0 fully saturated rings. The minimum atomic E-state index is -0.0689. The fraction of sp³-hybridized carbons (Fsp3) is 0.500. The molecule has 23 heavy (non-hydrogen) atoms. The summed E-state index contributed by atoms with van der Waals surface area (Å²) in [6.07, 6.45) is 0.750. The summed E-state index contributed by atoms with van der Waals surface area (Å²) in [7, 11) is 0. The van der Waals surface area contributed by atoms with Gasteiger partial charge in [0.25, 0.3) is 5.91 Å². The molecule has 0 N–H and O–H groups in total. The molecule has 0 spiro atoms. The smallest absolute Gasteiger partial charge is 0.270 e. The van der Waals surface area contributed by atoms with Gasteiger partial charge in [0.2, 0.25) is 5.91 Å². The van der Waals surface area contributed by atoms with E-state index in [4.69, 9.17) is 0 Å². The summed E-state index contributed by atoms with van der Waals surface area (Å²) >= 11 is 0. The molecule has 0 radical (unpaired) electrons. The van der Waals surface area contributed by atoms with Gasteiger partial charge >= 0.3 is 0 Å². The lowest BCUT2D eigenvalue weighted by Gasteiger charge is -2.32. The first kappa shape index (κ1) is 17.2. The number of amides is 2. The molecule has 1 aliphatic heterocycles. The van der Waals surface area contributed by atoms with Gasteiger partial charge in [-0.05, 0) is 33.3 Å². The number of nitrogens with zero attached hydrogens (tertiary/aromatic N) is 3. The van der Waals surface area contributed by atoms with E-state index in [2.05, 4.69) is 5.10 Å². The van der Waals surface area contributed by atoms with Gasteiger partial charge < -0.3 is 4.90 Å². The third-order valence-corrected chi connectivity index (χ3v) is 3.87. The first-order valence-electron chi connectivity index (χ1n) is 8.14. The molecular formula is C18H25N3O2.